The molecule has 0 radical (unpaired) electrons. The molecule has 1 N–H and O–H groups in total. The fourth-order valence-electron chi connectivity index (χ4n) is 2.54. The lowest BCUT2D eigenvalue weighted by atomic mass is 9.97. The molecule has 1 aliphatic heterocycles. The smallest absolute Gasteiger partial charge is 0.241 e. The van der Waals surface area contributed by atoms with Crippen LogP contribution in [0.4, 0.5) is 0 Å². The van der Waals surface area contributed by atoms with Crippen LogP contribution < -0.4 is 5.32 Å². The molecular formula is C14H29N3O. The van der Waals surface area contributed by atoms with E-state index in [0.717, 1.165) is 13.0 Å². The largest absolute Gasteiger partial charge is 0.324 e. The van der Waals surface area contributed by atoms with Crippen molar-refractivity contribution in [3.63, 3.8) is 0 Å². The van der Waals surface area contributed by atoms with Gasteiger partial charge in [-0.05, 0) is 25.9 Å². The molecule has 106 valence electrons. The minimum Gasteiger partial charge on any atom is -0.324 e. The normalized spacial score (nSPS) is 24.1. The molecular weight excluding hydrogens is 226 g/mol. The number of carbonyl (C=O) groups excluding carboxylic acids is 1. The van der Waals surface area contributed by atoms with E-state index in [4.69, 9.17) is 0 Å². The van der Waals surface area contributed by atoms with Crippen LogP contribution in [0.5, 0.6) is 0 Å². The topological polar surface area (TPSA) is 35.6 Å². The second kappa shape index (κ2) is 6.53. The maximum Gasteiger partial charge on any atom is 0.241 e. The highest BCUT2D eigenvalue weighted by Gasteiger charge is 2.38. The van der Waals surface area contributed by atoms with Crippen molar-refractivity contribution in [2.24, 2.45) is 11.8 Å². The van der Waals surface area contributed by atoms with Gasteiger partial charge in [0.1, 0.15) is 0 Å². The van der Waals surface area contributed by atoms with Gasteiger partial charge in [-0.2, -0.15) is 0 Å². The van der Waals surface area contributed by atoms with Crippen LogP contribution in [0.3, 0.4) is 0 Å². The van der Waals surface area contributed by atoms with Crippen LogP contribution in [0, 0.1) is 11.8 Å². The minimum absolute atomic E-state index is 0.0124. The van der Waals surface area contributed by atoms with Gasteiger partial charge in [0, 0.05) is 12.6 Å². The number of likely N-dealkylation sites (N-methyl/N-ethyl adjacent to an activating group) is 1. The lowest BCUT2D eigenvalue weighted by molar-refractivity contribution is -0.132. The van der Waals surface area contributed by atoms with Gasteiger partial charge < -0.3 is 9.80 Å². The van der Waals surface area contributed by atoms with Crippen LogP contribution in [0.25, 0.3) is 0 Å². The van der Waals surface area contributed by atoms with Crippen molar-refractivity contribution in [2.75, 3.05) is 27.3 Å². The Hall–Kier alpha value is -0.610. The van der Waals surface area contributed by atoms with Crippen LogP contribution in [0.2, 0.25) is 0 Å². The summed E-state index contributed by atoms with van der Waals surface area (Å²) in [4.78, 5) is 16.7. The van der Waals surface area contributed by atoms with E-state index in [1.54, 1.807) is 0 Å². The van der Waals surface area contributed by atoms with Gasteiger partial charge in [0.05, 0.1) is 12.7 Å². The first kappa shape index (κ1) is 15.4. The Kier molecular flexibility index (Phi) is 5.60. The average Bonchev–Trinajstić information content (AvgIpc) is 2.66. The van der Waals surface area contributed by atoms with E-state index in [9.17, 15) is 4.79 Å². The van der Waals surface area contributed by atoms with Crippen molar-refractivity contribution < 1.29 is 4.79 Å². The molecule has 0 spiro atoms. The molecule has 1 heterocycles. The second-order valence-corrected chi connectivity index (χ2v) is 6.11. The zero-order valence-electron chi connectivity index (χ0n) is 12.7. The zero-order valence-corrected chi connectivity index (χ0v) is 12.7. The van der Waals surface area contributed by atoms with Crippen molar-refractivity contribution in [3.05, 3.63) is 0 Å². The van der Waals surface area contributed by atoms with E-state index < -0.39 is 0 Å². The zero-order chi connectivity index (χ0) is 13.9. The van der Waals surface area contributed by atoms with Crippen LogP contribution in [0.15, 0.2) is 0 Å². The molecule has 0 saturated carbocycles. The van der Waals surface area contributed by atoms with Gasteiger partial charge in [0.15, 0.2) is 0 Å². The first-order chi connectivity index (χ1) is 8.38. The fourth-order valence-corrected chi connectivity index (χ4v) is 2.54. The number of nitrogens with zero attached hydrogens (tertiary/aromatic N) is 2. The van der Waals surface area contributed by atoms with Crippen molar-refractivity contribution in [3.8, 4) is 0 Å². The van der Waals surface area contributed by atoms with Crippen molar-refractivity contribution in [2.45, 2.75) is 46.2 Å². The van der Waals surface area contributed by atoms with Gasteiger partial charge in [0.2, 0.25) is 5.91 Å². The van der Waals surface area contributed by atoms with Crippen LogP contribution in [0.1, 0.15) is 34.1 Å². The third-order valence-corrected chi connectivity index (χ3v) is 3.97. The van der Waals surface area contributed by atoms with E-state index in [1.165, 1.54) is 0 Å². The summed E-state index contributed by atoms with van der Waals surface area (Å²) in [6.45, 7) is 10.3. The molecule has 1 rings (SSSR count). The number of carbonyl (C=O) groups is 1. The molecule has 1 saturated heterocycles. The van der Waals surface area contributed by atoms with Gasteiger partial charge in [-0.15, -0.1) is 0 Å². The Labute approximate surface area is 112 Å². The van der Waals surface area contributed by atoms with Crippen molar-refractivity contribution in [1.82, 2.24) is 15.1 Å². The molecule has 1 amide bonds. The molecule has 0 aromatic rings. The standard InChI is InChI=1S/C14H29N3O/c1-7-11(4)13-14(18)17(9-15-13)12(10(2)3)8-16(5)6/h10-13,15H,7-9H2,1-6H3. The number of amides is 1. The van der Waals surface area contributed by atoms with Gasteiger partial charge in [-0.3, -0.25) is 10.1 Å². The predicted octanol–water partition coefficient (Wildman–Crippen LogP) is 1.38. The Balaban J connectivity index is 2.74. The Morgan fingerprint density at radius 1 is 1.39 bits per heavy atom. The quantitative estimate of drug-likeness (QED) is 0.779. The highest BCUT2D eigenvalue weighted by Crippen LogP contribution is 2.20. The molecule has 18 heavy (non-hydrogen) atoms. The molecule has 1 aliphatic rings. The first-order valence-corrected chi connectivity index (χ1v) is 7.07. The average molecular weight is 255 g/mol. The highest BCUT2D eigenvalue weighted by molar-refractivity contribution is 5.84. The Morgan fingerprint density at radius 3 is 2.44 bits per heavy atom. The van der Waals surface area contributed by atoms with E-state index in [2.05, 4.69) is 52.0 Å². The SMILES string of the molecule is CCC(C)C1NCN(C(CN(C)C)C(C)C)C1=O. The number of rotatable bonds is 6. The molecule has 4 nitrogen and oxygen atoms in total. The molecule has 0 aromatic heterocycles. The fraction of sp³-hybridized carbons (Fsp3) is 0.929. The van der Waals surface area contributed by atoms with Gasteiger partial charge >= 0.3 is 0 Å². The molecule has 1 fully saturated rings. The van der Waals surface area contributed by atoms with E-state index in [1.807, 2.05) is 4.90 Å². The highest BCUT2D eigenvalue weighted by atomic mass is 16.2. The summed E-state index contributed by atoms with van der Waals surface area (Å²) in [6, 6.07) is 0.312. The predicted molar refractivity (Wildman–Crippen MR) is 75.3 cm³/mol. The van der Waals surface area contributed by atoms with Crippen molar-refractivity contribution >= 4 is 5.91 Å². The first-order valence-electron chi connectivity index (χ1n) is 7.07. The summed E-state index contributed by atoms with van der Waals surface area (Å²) >= 11 is 0. The third kappa shape index (κ3) is 3.45. The van der Waals surface area contributed by atoms with Gasteiger partial charge in [-0.1, -0.05) is 34.1 Å². The maximum absolute atomic E-state index is 12.5. The molecule has 0 bridgehead atoms. The maximum atomic E-state index is 12.5. The Morgan fingerprint density at radius 2 is 2.00 bits per heavy atom. The summed E-state index contributed by atoms with van der Waals surface area (Å²) < 4.78 is 0. The number of nitrogens with one attached hydrogen (secondary N) is 1. The lowest BCUT2D eigenvalue weighted by Gasteiger charge is -2.33. The van der Waals surface area contributed by atoms with Crippen LogP contribution in [-0.4, -0.2) is 55.1 Å². The molecule has 3 unspecified atom stereocenters. The van der Waals surface area contributed by atoms with Crippen molar-refractivity contribution in [1.29, 1.82) is 0 Å². The van der Waals surface area contributed by atoms with E-state index in [0.29, 0.717) is 24.5 Å². The third-order valence-electron chi connectivity index (χ3n) is 3.97. The molecule has 3 atom stereocenters. The summed E-state index contributed by atoms with van der Waals surface area (Å²) in [5, 5.41) is 3.37. The molecule has 0 aliphatic carbocycles. The molecule has 0 aromatic carbocycles. The number of hydrogen-bond acceptors (Lipinski definition) is 3. The van der Waals surface area contributed by atoms with Crippen LogP contribution >= 0.6 is 0 Å². The van der Waals surface area contributed by atoms with Crippen LogP contribution in [-0.2, 0) is 4.79 Å². The summed E-state index contributed by atoms with van der Waals surface area (Å²) in [7, 11) is 4.13. The summed E-state index contributed by atoms with van der Waals surface area (Å²) in [5.41, 5.74) is 0. The van der Waals surface area contributed by atoms with Gasteiger partial charge in [-0.25, -0.2) is 0 Å². The summed E-state index contributed by atoms with van der Waals surface area (Å²) in [5.74, 6) is 1.17. The van der Waals surface area contributed by atoms with Gasteiger partial charge in [0.25, 0.3) is 0 Å². The summed E-state index contributed by atoms with van der Waals surface area (Å²) in [6.07, 6.45) is 1.04. The van der Waals surface area contributed by atoms with E-state index >= 15 is 0 Å². The number of hydrogen-bond donors (Lipinski definition) is 1. The monoisotopic (exact) mass is 255 g/mol. The lowest BCUT2D eigenvalue weighted by Crippen LogP contribution is -2.47. The van der Waals surface area contributed by atoms with E-state index in [-0.39, 0.29) is 11.9 Å². The molecule has 4 heteroatoms. The second-order valence-electron chi connectivity index (χ2n) is 6.11. The Bertz CT molecular complexity index is 278. The minimum atomic E-state index is 0.0124.